The fourth-order valence-electron chi connectivity index (χ4n) is 1.75. The molecular weight excluding hydrogens is 277 g/mol. The molecule has 0 saturated carbocycles. The SMILES string of the molecule is O=C(Cc1ccc(F)cc1)Nc1cc(C(=O)O)ccc1O. The Balaban J connectivity index is 2.10. The normalized spacial score (nSPS) is 10.1. The molecule has 0 heterocycles. The maximum atomic E-state index is 12.8. The minimum atomic E-state index is -1.16. The van der Waals surface area contributed by atoms with Gasteiger partial charge >= 0.3 is 5.97 Å². The Hall–Kier alpha value is -2.89. The number of halogens is 1. The number of rotatable bonds is 4. The van der Waals surface area contributed by atoms with E-state index in [1.165, 1.54) is 42.5 Å². The van der Waals surface area contributed by atoms with Crippen LogP contribution in [0.1, 0.15) is 15.9 Å². The van der Waals surface area contributed by atoms with Crippen LogP contribution in [0.25, 0.3) is 0 Å². The first-order valence-corrected chi connectivity index (χ1v) is 6.06. The average molecular weight is 289 g/mol. The van der Waals surface area contributed by atoms with E-state index in [1.54, 1.807) is 0 Å². The van der Waals surface area contributed by atoms with E-state index in [0.29, 0.717) is 5.56 Å². The van der Waals surface area contributed by atoms with Crippen LogP contribution in [0.3, 0.4) is 0 Å². The van der Waals surface area contributed by atoms with Gasteiger partial charge in [-0.2, -0.15) is 0 Å². The molecule has 0 aliphatic heterocycles. The van der Waals surface area contributed by atoms with E-state index >= 15 is 0 Å². The maximum absolute atomic E-state index is 12.8. The molecule has 0 radical (unpaired) electrons. The first-order valence-electron chi connectivity index (χ1n) is 6.06. The molecular formula is C15H12FNO4. The second-order valence-corrected chi connectivity index (χ2v) is 4.39. The Kier molecular flexibility index (Phi) is 4.18. The highest BCUT2D eigenvalue weighted by molar-refractivity contribution is 5.96. The Morgan fingerprint density at radius 3 is 2.38 bits per heavy atom. The van der Waals surface area contributed by atoms with Crippen molar-refractivity contribution in [2.75, 3.05) is 5.32 Å². The number of carboxylic acids is 1. The molecule has 0 saturated heterocycles. The van der Waals surface area contributed by atoms with Gasteiger partial charge in [0.15, 0.2) is 0 Å². The van der Waals surface area contributed by atoms with Gasteiger partial charge in [-0.1, -0.05) is 12.1 Å². The fraction of sp³-hybridized carbons (Fsp3) is 0.0667. The van der Waals surface area contributed by atoms with Gasteiger partial charge in [0.05, 0.1) is 17.7 Å². The fourth-order valence-corrected chi connectivity index (χ4v) is 1.75. The summed E-state index contributed by atoms with van der Waals surface area (Å²) in [7, 11) is 0. The summed E-state index contributed by atoms with van der Waals surface area (Å²) in [6.45, 7) is 0. The van der Waals surface area contributed by atoms with Gasteiger partial charge in [-0.3, -0.25) is 4.79 Å². The number of carbonyl (C=O) groups is 2. The summed E-state index contributed by atoms with van der Waals surface area (Å²) in [5.41, 5.74) is 0.565. The highest BCUT2D eigenvalue weighted by Gasteiger charge is 2.11. The van der Waals surface area contributed by atoms with Crippen molar-refractivity contribution in [1.82, 2.24) is 0 Å². The zero-order valence-electron chi connectivity index (χ0n) is 10.8. The van der Waals surface area contributed by atoms with Crippen molar-refractivity contribution < 1.29 is 24.2 Å². The van der Waals surface area contributed by atoms with Gasteiger partial charge in [-0.25, -0.2) is 9.18 Å². The molecule has 6 heteroatoms. The van der Waals surface area contributed by atoms with Gasteiger partial charge in [0, 0.05) is 0 Å². The molecule has 0 aliphatic carbocycles. The summed E-state index contributed by atoms with van der Waals surface area (Å²) < 4.78 is 12.8. The minimum Gasteiger partial charge on any atom is -0.506 e. The van der Waals surface area contributed by atoms with E-state index in [-0.39, 0.29) is 23.4 Å². The van der Waals surface area contributed by atoms with Crippen LogP contribution in [0.2, 0.25) is 0 Å². The van der Waals surface area contributed by atoms with Crippen LogP contribution >= 0.6 is 0 Å². The zero-order valence-corrected chi connectivity index (χ0v) is 10.8. The molecule has 3 N–H and O–H groups in total. The van der Waals surface area contributed by atoms with Crippen LogP contribution in [0, 0.1) is 5.82 Å². The molecule has 0 aromatic heterocycles. The molecule has 2 aromatic carbocycles. The number of phenolic OH excluding ortho intramolecular Hbond substituents is 1. The monoisotopic (exact) mass is 289 g/mol. The van der Waals surface area contributed by atoms with Gasteiger partial charge < -0.3 is 15.5 Å². The second-order valence-electron chi connectivity index (χ2n) is 4.39. The number of amides is 1. The van der Waals surface area contributed by atoms with Crippen LogP contribution in [-0.4, -0.2) is 22.1 Å². The molecule has 0 unspecified atom stereocenters. The Bertz CT molecular complexity index is 683. The van der Waals surface area contributed by atoms with Crippen molar-refractivity contribution in [2.45, 2.75) is 6.42 Å². The quantitative estimate of drug-likeness (QED) is 0.754. The number of benzene rings is 2. The number of carboxylic acid groups (broad SMARTS) is 1. The lowest BCUT2D eigenvalue weighted by atomic mass is 10.1. The van der Waals surface area contributed by atoms with Crippen molar-refractivity contribution in [3.63, 3.8) is 0 Å². The van der Waals surface area contributed by atoms with Crippen molar-refractivity contribution in [1.29, 1.82) is 0 Å². The van der Waals surface area contributed by atoms with E-state index in [1.807, 2.05) is 0 Å². The number of hydrogen-bond donors (Lipinski definition) is 3. The van der Waals surface area contributed by atoms with E-state index in [9.17, 15) is 19.1 Å². The smallest absolute Gasteiger partial charge is 0.335 e. The lowest BCUT2D eigenvalue weighted by Crippen LogP contribution is -2.15. The largest absolute Gasteiger partial charge is 0.506 e. The Morgan fingerprint density at radius 2 is 1.76 bits per heavy atom. The molecule has 0 bridgehead atoms. The van der Waals surface area contributed by atoms with Crippen LogP contribution in [0.4, 0.5) is 10.1 Å². The zero-order chi connectivity index (χ0) is 15.4. The predicted molar refractivity (Wildman–Crippen MR) is 73.8 cm³/mol. The molecule has 2 rings (SSSR count). The molecule has 0 aliphatic rings. The minimum absolute atomic E-state index is 0.0158. The van der Waals surface area contributed by atoms with Crippen molar-refractivity contribution in [3.05, 3.63) is 59.4 Å². The number of anilines is 1. The van der Waals surface area contributed by atoms with Crippen LogP contribution < -0.4 is 5.32 Å². The predicted octanol–water partition coefficient (Wildman–Crippen LogP) is 2.41. The number of nitrogens with one attached hydrogen (secondary N) is 1. The van der Waals surface area contributed by atoms with Gasteiger partial charge in [-0.15, -0.1) is 0 Å². The topological polar surface area (TPSA) is 86.6 Å². The van der Waals surface area contributed by atoms with Gasteiger partial charge in [0.25, 0.3) is 0 Å². The van der Waals surface area contributed by atoms with Gasteiger partial charge in [0.1, 0.15) is 11.6 Å². The summed E-state index contributed by atoms with van der Waals surface area (Å²) in [5, 5.41) is 20.9. The first kappa shape index (κ1) is 14.5. The highest BCUT2D eigenvalue weighted by atomic mass is 19.1. The number of carbonyl (C=O) groups excluding carboxylic acids is 1. The molecule has 0 fully saturated rings. The number of aromatic carboxylic acids is 1. The van der Waals surface area contributed by atoms with Crippen LogP contribution in [0.15, 0.2) is 42.5 Å². The Morgan fingerprint density at radius 1 is 1.10 bits per heavy atom. The van der Waals surface area contributed by atoms with E-state index < -0.39 is 17.7 Å². The third-order valence-corrected chi connectivity index (χ3v) is 2.80. The van der Waals surface area contributed by atoms with E-state index in [4.69, 9.17) is 5.11 Å². The second kappa shape index (κ2) is 6.04. The number of phenols is 1. The van der Waals surface area contributed by atoms with Gasteiger partial charge in [0.2, 0.25) is 5.91 Å². The summed E-state index contributed by atoms with van der Waals surface area (Å²) >= 11 is 0. The molecule has 0 spiro atoms. The summed E-state index contributed by atoms with van der Waals surface area (Å²) in [6, 6.07) is 9.02. The van der Waals surface area contributed by atoms with Crippen molar-refractivity contribution in [2.24, 2.45) is 0 Å². The number of aromatic hydroxyl groups is 1. The standard InChI is InChI=1S/C15H12FNO4/c16-11-4-1-9(2-5-11)7-14(19)17-12-8-10(15(20)21)3-6-13(12)18/h1-6,8,18H,7H2,(H,17,19)(H,20,21). The molecule has 5 nitrogen and oxygen atoms in total. The van der Waals surface area contributed by atoms with Crippen LogP contribution in [0.5, 0.6) is 5.75 Å². The van der Waals surface area contributed by atoms with Crippen LogP contribution in [-0.2, 0) is 11.2 Å². The molecule has 2 aromatic rings. The summed E-state index contributed by atoms with van der Waals surface area (Å²) in [6.07, 6.45) is -0.0168. The average Bonchev–Trinajstić information content (AvgIpc) is 2.43. The van der Waals surface area contributed by atoms with E-state index in [2.05, 4.69) is 5.32 Å². The molecule has 1 amide bonds. The third kappa shape index (κ3) is 3.79. The summed E-state index contributed by atoms with van der Waals surface area (Å²) in [5.74, 6) is -2.23. The van der Waals surface area contributed by atoms with Gasteiger partial charge in [-0.05, 0) is 35.9 Å². The summed E-state index contributed by atoms with van der Waals surface area (Å²) in [4.78, 5) is 22.7. The van der Waals surface area contributed by atoms with E-state index in [0.717, 1.165) is 0 Å². The highest BCUT2D eigenvalue weighted by Crippen LogP contribution is 2.24. The van der Waals surface area contributed by atoms with Crippen molar-refractivity contribution >= 4 is 17.6 Å². The maximum Gasteiger partial charge on any atom is 0.335 e. The number of hydrogen-bond acceptors (Lipinski definition) is 3. The molecule has 108 valence electrons. The van der Waals surface area contributed by atoms with Crippen molar-refractivity contribution in [3.8, 4) is 5.75 Å². The first-order chi connectivity index (χ1) is 9.95. The Labute approximate surface area is 119 Å². The third-order valence-electron chi connectivity index (χ3n) is 2.80. The lowest BCUT2D eigenvalue weighted by Gasteiger charge is -2.08. The lowest BCUT2D eigenvalue weighted by molar-refractivity contribution is -0.115. The molecule has 21 heavy (non-hydrogen) atoms. The molecule has 0 atom stereocenters.